The smallest absolute Gasteiger partial charge is 0.265 e. The highest BCUT2D eigenvalue weighted by molar-refractivity contribution is 7.88. The number of nitrogens with one attached hydrogen (secondary N) is 1. The summed E-state index contributed by atoms with van der Waals surface area (Å²) in [5.41, 5.74) is 0.665. The minimum Gasteiger partial charge on any atom is -0.386 e. The third-order valence-corrected chi connectivity index (χ3v) is 3.54. The lowest BCUT2D eigenvalue weighted by molar-refractivity contribution is -0.000455. The van der Waals surface area contributed by atoms with E-state index in [0.717, 1.165) is 0 Å². The van der Waals surface area contributed by atoms with E-state index in [1.165, 1.54) is 24.3 Å². The summed E-state index contributed by atoms with van der Waals surface area (Å²) >= 11 is 0. The molecule has 0 aliphatic carbocycles. The molecule has 104 valence electrons. The maximum absolute atomic E-state index is 12.0. The van der Waals surface area contributed by atoms with Gasteiger partial charge in [0.05, 0.1) is 17.4 Å². The van der Waals surface area contributed by atoms with Gasteiger partial charge in [-0.15, -0.1) is 0 Å². The molecule has 0 spiro atoms. The number of benzene rings is 1. The van der Waals surface area contributed by atoms with Crippen molar-refractivity contribution in [2.45, 2.75) is 18.3 Å². The van der Waals surface area contributed by atoms with Crippen molar-refractivity contribution in [2.24, 2.45) is 0 Å². The second-order valence-electron chi connectivity index (χ2n) is 3.82. The minimum atomic E-state index is -3.84. The average Bonchev–Trinajstić information content (AvgIpc) is 2.35. The topological polar surface area (TPSA) is 90.2 Å². The predicted molar refractivity (Wildman–Crippen MR) is 63.8 cm³/mol. The van der Waals surface area contributed by atoms with Crippen molar-refractivity contribution >= 4 is 10.0 Å². The quantitative estimate of drug-likeness (QED) is 0.803. The molecule has 1 unspecified atom stereocenters. The van der Waals surface area contributed by atoms with Gasteiger partial charge in [0.15, 0.2) is 0 Å². The van der Waals surface area contributed by atoms with Gasteiger partial charge in [-0.1, -0.05) is 12.1 Å². The maximum Gasteiger partial charge on any atom is 0.265 e. The second-order valence-corrected chi connectivity index (χ2v) is 5.63. The lowest BCUT2D eigenvalue weighted by Crippen LogP contribution is -2.36. The number of alkyl halides is 2. The van der Waals surface area contributed by atoms with Crippen LogP contribution in [-0.2, 0) is 15.8 Å². The first-order valence-electron chi connectivity index (χ1n) is 5.26. The summed E-state index contributed by atoms with van der Waals surface area (Å²) in [4.78, 5) is 0. The lowest BCUT2D eigenvalue weighted by Gasteiger charge is -2.11. The van der Waals surface area contributed by atoms with Crippen LogP contribution in [0.25, 0.3) is 0 Å². The molecular weight excluding hydrogens is 278 g/mol. The van der Waals surface area contributed by atoms with Crippen LogP contribution in [0.4, 0.5) is 8.78 Å². The van der Waals surface area contributed by atoms with Crippen molar-refractivity contribution < 1.29 is 22.3 Å². The standard InChI is InChI=1S/C11H12F2N2O3S/c12-11(13)10(16)6-15-19(17,18)7-9-3-1-2-8(4-9)5-14/h1-4,10-11,15-16H,6-7H2. The zero-order valence-electron chi connectivity index (χ0n) is 9.75. The zero-order valence-corrected chi connectivity index (χ0v) is 10.6. The molecule has 0 saturated carbocycles. The molecule has 0 heterocycles. The van der Waals surface area contributed by atoms with Crippen LogP contribution in [0.5, 0.6) is 0 Å². The van der Waals surface area contributed by atoms with Gasteiger partial charge < -0.3 is 5.11 Å². The molecule has 1 atom stereocenters. The van der Waals surface area contributed by atoms with Gasteiger partial charge in [0.2, 0.25) is 10.0 Å². The Morgan fingerprint density at radius 3 is 2.68 bits per heavy atom. The summed E-state index contributed by atoms with van der Waals surface area (Å²) in [6, 6.07) is 7.80. The monoisotopic (exact) mass is 290 g/mol. The molecule has 0 aliphatic heterocycles. The Labute approximate surface area is 109 Å². The SMILES string of the molecule is N#Cc1cccc(CS(=O)(=O)NCC(O)C(F)F)c1. The third kappa shape index (κ3) is 5.30. The van der Waals surface area contributed by atoms with E-state index in [1.54, 1.807) is 0 Å². The summed E-state index contributed by atoms with van der Waals surface area (Å²) in [5, 5.41) is 17.5. The normalized spacial score (nSPS) is 13.2. The molecule has 0 amide bonds. The molecule has 0 aliphatic rings. The maximum atomic E-state index is 12.0. The van der Waals surface area contributed by atoms with Crippen LogP contribution in [0.1, 0.15) is 11.1 Å². The molecular formula is C11H12F2N2O3S. The highest BCUT2D eigenvalue weighted by Crippen LogP contribution is 2.08. The molecule has 2 N–H and O–H groups in total. The molecule has 1 aromatic carbocycles. The molecule has 1 aromatic rings. The molecule has 19 heavy (non-hydrogen) atoms. The van der Waals surface area contributed by atoms with Crippen molar-refractivity contribution in [3.8, 4) is 6.07 Å². The number of halogens is 2. The van der Waals surface area contributed by atoms with Crippen LogP contribution in [0.15, 0.2) is 24.3 Å². The Morgan fingerprint density at radius 1 is 1.42 bits per heavy atom. The Hall–Kier alpha value is -1.56. The summed E-state index contributed by atoms with van der Waals surface area (Å²) < 4.78 is 49.1. The number of sulfonamides is 1. The third-order valence-electron chi connectivity index (χ3n) is 2.22. The second kappa shape index (κ2) is 6.56. The van der Waals surface area contributed by atoms with Crippen LogP contribution >= 0.6 is 0 Å². The number of hydrogen-bond acceptors (Lipinski definition) is 4. The van der Waals surface area contributed by atoms with Gasteiger partial charge in [0.25, 0.3) is 6.43 Å². The van der Waals surface area contributed by atoms with E-state index in [0.29, 0.717) is 11.1 Å². The van der Waals surface area contributed by atoms with Gasteiger partial charge in [0.1, 0.15) is 6.10 Å². The lowest BCUT2D eigenvalue weighted by atomic mass is 10.2. The molecule has 5 nitrogen and oxygen atoms in total. The van der Waals surface area contributed by atoms with E-state index < -0.39 is 34.9 Å². The highest BCUT2D eigenvalue weighted by Gasteiger charge is 2.20. The van der Waals surface area contributed by atoms with E-state index >= 15 is 0 Å². The first kappa shape index (κ1) is 15.5. The highest BCUT2D eigenvalue weighted by atomic mass is 32.2. The summed E-state index contributed by atoms with van der Waals surface area (Å²) in [7, 11) is -3.84. The number of aliphatic hydroxyl groups excluding tert-OH is 1. The van der Waals surface area contributed by atoms with Crippen molar-refractivity contribution in [3.05, 3.63) is 35.4 Å². The fraction of sp³-hybridized carbons (Fsp3) is 0.364. The summed E-state index contributed by atoms with van der Waals surface area (Å²) in [5.74, 6) is -0.446. The van der Waals surface area contributed by atoms with E-state index in [-0.39, 0.29) is 0 Å². The average molecular weight is 290 g/mol. The minimum absolute atomic E-state index is 0.306. The van der Waals surface area contributed by atoms with Crippen molar-refractivity contribution in [3.63, 3.8) is 0 Å². The van der Waals surface area contributed by atoms with Crippen molar-refractivity contribution in [1.82, 2.24) is 4.72 Å². The number of nitriles is 1. The molecule has 0 bridgehead atoms. The largest absolute Gasteiger partial charge is 0.386 e. The Balaban J connectivity index is 2.67. The van der Waals surface area contributed by atoms with Gasteiger partial charge in [-0.25, -0.2) is 21.9 Å². The predicted octanol–water partition coefficient (Wildman–Crippen LogP) is 0.604. The van der Waals surface area contributed by atoms with Gasteiger partial charge in [0, 0.05) is 6.54 Å². The Morgan fingerprint density at radius 2 is 2.11 bits per heavy atom. The summed E-state index contributed by atoms with van der Waals surface area (Å²) in [6.45, 7) is -0.752. The fourth-order valence-corrected chi connectivity index (χ4v) is 2.45. The van der Waals surface area contributed by atoms with Crippen LogP contribution < -0.4 is 4.72 Å². The first-order valence-corrected chi connectivity index (χ1v) is 6.92. The zero-order chi connectivity index (χ0) is 14.5. The van der Waals surface area contributed by atoms with Gasteiger partial charge in [-0.3, -0.25) is 0 Å². The summed E-state index contributed by atoms with van der Waals surface area (Å²) in [6.07, 6.45) is -5.05. The number of nitrogens with zero attached hydrogens (tertiary/aromatic N) is 1. The molecule has 0 fully saturated rings. The van der Waals surface area contributed by atoms with Gasteiger partial charge >= 0.3 is 0 Å². The van der Waals surface area contributed by atoms with Crippen LogP contribution in [0.3, 0.4) is 0 Å². The fourth-order valence-electron chi connectivity index (χ4n) is 1.30. The molecule has 0 radical (unpaired) electrons. The Bertz CT molecular complexity index is 570. The van der Waals surface area contributed by atoms with E-state index in [4.69, 9.17) is 10.4 Å². The van der Waals surface area contributed by atoms with Gasteiger partial charge in [-0.05, 0) is 17.7 Å². The molecule has 8 heteroatoms. The number of rotatable bonds is 6. The van der Waals surface area contributed by atoms with Crippen LogP contribution in [0.2, 0.25) is 0 Å². The number of aliphatic hydroxyl groups is 1. The molecule has 0 saturated heterocycles. The number of hydrogen-bond donors (Lipinski definition) is 2. The van der Waals surface area contributed by atoms with E-state index in [1.807, 2.05) is 10.8 Å². The van der Waals surface area contributed by atoms with Crippen molar-refractivity contribution in [2.75, 3.05) is 6.54 Å². The van der Waals surface area contributed by atoms with E-state index in [2.05, 4.69) is 0 Å². The van der Waals surface area contributed by atoms with E-state index in [9.17, 15) is 17.2 Å². The first-order chi connectivity index (χ1) is 8.84. The molecule has 0 aromatic heterocycles. The Kier molecular flexibility index (Phi) is 5.35. The van der Waals surface area contributed by atoms with Gasteiger partial charge in [-0.2, -0.15) is 5.26 Å². The van der Waals surface area contributed by atoms with Crippen LogP contribution in [-0.4, -0.2) is 32.6 Å². The van der Waals surface area contributed by atoms with Crippen molar-refractivity contribution in [1.29, 1.82) is 5.26 Å². The van der Waals surface area contributed by atoms with Crippen LogP contribution in [0, 0.1) is 11.3 Å². The molecule has 1 rings (SSSR count).